The summed E-state index contributed by atoms with van der Waals surface area (Å²) in [4.78, 5) is 22.8. The maximum absolute atomic E-state index is 11.7. The monoisotopic (exact) mass is 347 g/mol. The Morgan fingerprint density at radius 3 is 2.44 bits per heavy atom. The standard InChI is InChI=1S/C11H11Br2NO2/c1-3-10(16)8-4-7(12)5-9(13)11(8)14-6(2)15/h4-5H,3H2,1-2H3,(H,14,15). The Morgan fingerprint density at radius 2 is 1.94 bits per heavy atom. The number of rotatable bonds is 3. The molecule has 0 aliphatic heterocycles. The van der Waals surface area contributed by atoms with E-state index in [1.807, 2.05) is 0 Å². The number of halogens is 2. The molecule has 0 atom stereocenters. The Bertz CT molecular complexity index is 444. The van der Waals surface area contributed by atoms with E-state index >= 15 is 0 Å². The zero-order valence-electron chi connectivity index (χ0n) is 8.93. The summed E-state index contributed by atoms with van der Waals surface area (Å²) in [6.07, 6.45) is 0.398. The second-order valence-corrected chi connectivity index (χ2v) is 5.04. The van der Waals surface area contributed by atoms with Gasteiger partial charge in [-0.25, -0.2) is 0 Å². The van der Waals surface area contributed by atoms with Crippen molar-refractivity contribution in [2.45, 2.75) is 20.3 Å². The van der Waals surface area contributed by atoms with Crippen LogP contribution < -0.4 is 5.32 Å². The minimum absolute atomic E-state index is 0.00856. The van der Waals surface area contributed by atoms with Crippen LogP contribution in [-0.2, 0) is 4.79 Å². The summed E-state index contributed by atoms with van der Waals surface area (Å²) in [7, 11) is 0. The molecule has 1 aromatic rings. The number of nitrogens with one attached hydrogen (secondary N) is 1. The molecule has 1 rings (SSSR count). The number of hydrogen-bond acceptors (Lipinski definition) is 2. The van der Waals surface area contributed by atoms with Gasteiger partial charge in [-0.1, -0.05) is 22.9 Å². The van der Waals surface area contributed by atoms with Gasteiger partial charge in [0.2, 0.25) is 5.91 Å². The predicted molar refractivity (Wildman–Crippen MR) is 70.8 cm³/mol. The second-order valence-electron chi connectivity index (χ2n) is 3.27. The van der Waals surface area contributed by atoms with Crippen molar-refractivity contribution in [2.75, 3.05) is 5.32 Å². The highest BCUT2D eigenvalue weighted by Gasteiger charge is 2.14. The molecule has 5 heteroatoms. The van der Waals surface area contributed by atoms with Gasteiger partial charge in [0, 0.05) is 27.9 Å². The van der Waals surface area contributed by atoms with E-state index in [0.717, 1.165) is 4.47 Å². The minimum atomic E-state index is -0.201. The number of ketones is 1. The lowest BCUT2D eigenvalue weighted by Crippen LogP contribution is -2.11. The molecule has 1 N–H and O–H groups in total. The van der Waals surface area contributed by atoms with Crippen molar-refractivity contribution in [3.8, 4) is 0 Å². The first-order valence-electron chi connectivity index (χ1n) is 4.75. The molecule has 0 radical (unpaired) electrons. The van der Waals surface area contributed by atoms with Crippen molar-refractivity contribution < 1.29 is 9.59 Å². The van der Waals surface area contributed by atoms with E-state index in [2.05, 4.69) is 37.2 Å². The first kappa shape index (κ1) is 13.4. The number of carbonyl (C=O) groups is 2. The van der Waals surface area contributed by atoms with Gasteiger partial charge in [-0.15, -0.1) is 0 Å². The lowest BCUT2D eigenvalue weighted by molar-refractivity contribution is -0.114. The molecule has 0 saturated heterocycles. The SMILES string of the molecule is CCC(=O)c1cc(Br)cc(Br)c1NC(C)=O. The minimum Gasteiger partial charge on any atom is -0.325 e. The second kappa shape index (κ2) is 5.59. The van der Waals surface area contributed by atoms with Crippen LogP contribution in [0.3, 0.4) is 0 Å². The molecule has 1 aromatic carbocycles. The van der Waals surface area contributed by atoms with Gasteiger partial charge in [-0.05, 0) is 28.1 Å². The molecular formula is C11H11Br2NO2. The third kappa shape index (κ3) is 3.15. The number of carbonyl (C=O) groups excluding carboxylic acids is 2. The number of Topliss-reactive ketones (excluding diaryl/α,β-unsaturated/α-hetero) is 1. The summed E-state index contributed by atoms with van der Waals surface area (Å²) in [5.41, 5.74) is 1.04. The highest BCUT2D eigenvalue weighted by atomic mass is 79.9. The van der Waals surface area contributed by atoms with Gasteiger partial charge >= 0.3 is 0 Å². The fraction of sp³-hybridized carbons (Fsp3) is 0.273. The van der Waals surface area contributed by atoms with Crippen LogP contribution in [0.25, 0.3) is 0 Å². The van der Waals surface area contributed by atoms with Crippen LogP contribution in [0.4, 0.5) is 5.69 Å². The van der Waals surface area contributed by atoms with E-state index in [1.165, 1.54) is 6.92 Å². The van der Waals surface area contributed by atoms with Crippen molar-refractivity contribution >= 4 is 49.2 Å². The zero-order chi connectivity index (χ0) is 12.3. The molecule has 0 fully saturated rings. The average Bonchev–Trinajstić information content (AvgIpc) is 2.20. The van der Waals surface area contributed by atoms with Gasteiger partial charge in [0.25, 0.3) is 0 Å². The molecule has 0 aliphatic rings. The maximum Gasteiger partial charge on any atom is 0.221 e. The summed E-state index contributed by atoms with van der Waals surface area (Å²) < 4.78 is 1.49. The van der Waals surface area contributed by atoms with Gasteiger partial charge in [-0.2, -0.15) is 0 Å². The Labute approximate surface area is 111 Å². The topological polar surface area (TPSA) is 46.2 Å². The van der Waals surface area contributed by atoms with Crippen molar-refractivity contribution in [3.63, 3.8) is 0 Å². The maximum atomic E-state index is 11.7. The molecule has 0 spiro atoms. The summed E-state index contributed by atoms with van der Waals surface area (Å²) >= 11 is 6.64. The molecule has 86 valence electrons. The molecular weight excluding hydrogens is 338 g/mol. The van der Waals surface area contributed by atoms with Crippen LogP contribution >= 0.6 is 31.9 Å². The van der Waals surface area contributed by atoms with Crippen LogP contribution in [-0.4, -0.2) is 11.7 Å². The Balaban J connectivity index is 3.31. The number of hydrogen-bond donors (Lipinski definition) is 1. The summed E-state index contributed by atoms with van der Waals surface area (Å²) in [5, 5.41) is 2.66. The molecule has 0 aromatic heterocycles. The molecule has 0 unspecified atom stereocenters. The van der Waals surface area contributed by atoms with Gasteiger partial charge in [-0.3, -0.25) is 9.59 Å². The molecule has 16 heavy (non-hydrogen) atoms. The van der Waals surface area contributed by atoms with E-state index in [-0.39, 0.29) is 11.7 Å². The smallest absolute Gasteiger partial charge is 0.221 e. The van der Waals surface area contributed by atoms with E-state index in [0.29, 0.717) is 22.1 Å². The lowest BCUT2D eigenvalue weighted by atomic mass is 10.1. The van der Waals surface area contributed by atoms with E-state index < -0.39 is 0 Å². The molecule has 0 saturated carbocycles. The number of benzene rings is 1. The normalized spacial score (nSPS) is 10.0. The molecule has 0 heterocycles. The number of anilines is 1. The van der Waals surface area contributed by atoms with Crippen molar-refractivity contribution in [1.82, 2.24) is 0 Å². The van der Waals surface area contributed by atoms with Crippen LogP contribution in [0.1, 0.15) is 30.6 Å². The fourth-order valence-electron chi connectivity index (χ4n) is 1.29. The van der Waals surface area contributed by atoms with E-state index in [4.69, 9.17) is 0 Å². The predicted octanol–water partition coefficient (Wildman–Crippen LogP) is 3.76. The van der Waals surface area contributed by atoms with Gasteiger partial charge in [0.05, 0.1) is 5.69 Å². The zero-order valence-corrected chi connectivity index (χ0v) is 12.1. The average molecular weight is 349 g/mol. The summed E-state index contributed by atoms with van der Waals surface area (Å²) in [5.74, 6) is -0.209. The quantitative estimate of drug-likeness (QED) is 0.845. The molecule has 0 aliphatic carbocycles. The molecule has 3 nitrogen and oxygen atoms in total. The Morgan fingerprint density at radius 1 is 1.31 bits per heavy atom. The summed E-state index contributed by atoms with van der Waals surface area (Å²) in [6.45, 7) is 3.20. The molecule has 1 amide bonds. The third-order valence-corrected chi connectivity index (χ3v) is 3.06. The van der Waals surface area contributed by atoms with Gasteiger partial charge in [0.15, 0.2) is 5.78 Å². The van der Waals surface area contributed by atoms with Gasteiger partial charge < -0.3 is 5.32 Å². The van der Waals surface area contributed by atoms with Crippen molar-refractivity contribution in [1.29, 1.82) is 0 Å². The fourth-order valence-corrected chi connectivity index (χ4v) is 2.61. The Hall–Kier alpha value is -0.680. The van der Waals surface area contributed by atoms with Crippen molar-refractivity contribution in [2.24, 2.45) is 0 Å². The highest BCUT2D eigenvalue weighted by molar-refractivity contribution is 9.11. The van der Waals surface area contributed by atoms with E-state index in [9.17, 15) is 9.59 Å². The summed E-state index contributed by atoms with van der Waals surface area (Å²) in [6, 6.07) is 3.50. The Kier molecular flexibility index (Phi) is 4.68. The van der Waals surface area contributed by atoms with Crippen molar-refractivity contribution in [3.05, 3.63) is 26.6 Å². The van der Waals surface area contributed by atoms with E-state index in [1.54, 1.807) is 19.1 Å². The highest BCUT2D eigenvalue weighted by Crippen LogP contribution is 2.31. The van der Waals surface area contributed by atoms with Crippen LogP contribution in [0, 0.1) is 0 Å². The first-order valence-corrected chi connectivity index (χ1v) is 6.34. The first-order chi connectivity index (χ1) is 7.45. The van der Waals surface area contributed by atoms with Gasteiger partial charge in [0.1, 0.15) is 0 Å². The van der Waals surface area contributed by atoms with Crippen LogP contribution in [0.15, 0.2) is 21.1 Å². The number of amides is 1. The third-order valence-electron chi connectivity index (χ3n) is 1.98. The lowest BCUT2D eigenvalue weighted by Gasteiger charge is -2.11. The van der Waals surface area contributed by atoms with Crippen LogP contribution in [0.2, 0.25) is 0 Å². The largest absolute Gasteiger partial charge is 0.325 e. The van der Waals surface area contributed by atoms with Crippen LogP contribution in [0.5, 0.6) is 0 Å². The molecule has 0 bridgehead atoms.